The first-order chi connectivity index (χ1) is 8.00. The highest BCUT2D eigenvalue weighted by atomic mass is 79.9. The van der Waals surface area contributed by atoms with Crippen molar-refractivity contribution in [3.63, 3.8) is 0 Å². The average Bonchev–Trinajstić information content (AvgIpc) is 2.60. The zero-order chi connectivity index (χ0) is 12.6. The van der Waals surface area contributed by atoms with E-state index in [0.717, 1.165) is 21.3 Å². The van der Waals surface area contributed by atoms with Crippen LogP contribution >= 0.6 is 15.9 Å². The third kappa shape index (κ3) is 2.22. The summed E-state index contributed by atoms with van der Waals surface area (Å²) in [6, 6.07) is 6.26. The van der Waals surface area contributed by atoms with Crippen molar-refractivity contribution in [3.8, 4) is 11.3 Å². The number of hydrogen-bond donors (Lipinski definition) is 2. The first-order valence-corrected chi connectivity index (χ1v) is 6.40. The van der Waals surface area contributed by atoms with E-state index < -0.39 is 0 Å². The van der Waals surface area contributed by atoms with Gasteiger partial charge >= 0.3 is 0 Å². The van der Waals surface area contributed by atoms with Crippen LogP contribution in [0.4, 0.5) is 5.82 Å². The molecule has 0 saturated heterocycles. The quantitative estimate of drug-likeness (QED) is 0.883. The second kappa shape index (κ2) is 4.53. The molecule has 1 aromatic heterocycles. The number of anilines is 1. The lowest BCUT2D eigenvalue weighted by Crippen LogP contribution is -1.95. The number of aromatic nitrogens is 2. The molecule has 4 heteroatoms. The Balaban J connectivity index is 2.61. The zero-order valence-corrected chi connectivity index (χ0v) is 11.8. The van der Waals surface area contributed by atoms with Crippen LogP contribution in [0.25, 0.3) is 11.3 Å². The Morgan fingerprint density at radius 2 is 2.06 bits per heavy atom. The molecule has 0 bridgehead atoms. The molecule has 1 aromatic carbocycles. The van der Waals surface area contributed by atoms with Gasteiger partial charge in [0.25, 0.3) is 0 Å². The molecule has 0 atom stereocenters. The predicted molar refractivity (Wildman–Crippen MR) is 75.0 cm³/mol. The lowest BCUT2D eigenvalue weighted by atomic mass is 9.98. The van der Waals surface area contributed by atoms with Gasteiger partial charge in [-0.15, -0.1) is 0 Å². The number of nitrogens with two attached hydrogens (primary N) is 1. The maximum absolute atomic E-state index is 5.90. The third-order valence-corrected chi connectivity index (χ3v) is 3.46. The van der Waals surface area contributed by atoms with Crippen LogP contribution in [0, 0.1) is 6.92 Å². The lowest BCUT2D eigenvalue weighted by Gasteiger charge is -2.09. The van der Waals surface area contributed by atoms with Crippen molar-refractivity contribution in [2.75, 3.05) is 5.73 Å². The summed E-state index contributed by atoms with van der Waals surface area (Å²) in [4.78, 5) is 0. The minimum Gasteiger partial charge on any atom is -0.382 e. The molecule has 0 unspecified atom stereocenters. The fourth-order valence-corrected chi connectivity index (χ4v) is 2.67. The molecule has 1 heterocycles. The van der Waals surface area contributed by atoms with Crippen molar-refractivity contribution in [3.05, 3.63) is 33.8 Å². The molecular formula is C13H16BrN3. The second-order valence-electron chi connectivity index (χ2n) is 4.54. The molecule has 17 heavy (non-hydrogen) atoms. The molecule has 3 N–H and O–H groups in total. The summed E-state index contributed by atoms with van der Waals surface area (Å²) in [5, 5.41) is 7.14. The van der Waals surface area contributed by atoms with Gasteiger partial charge in [0.05, 0.1) is 5.69 Å². The van der Waals surface area contributed by atoms with Gasteiger partial charge in [0, 0.05) is 15.6 Å². The van der Waals surface area contributed by atoms with Crippen LogP contribution in [0.3, 0.4) is 0 Å². The molecule has 2 aromatic rings. The van der Waals surface area contributed by atoms with Crippen molar-refractivity contribution >= 4 is 21.7 Å². The van der Waals surface area contributed by atoms with E-state index in [2.05, 4.69) is 65.1 Å². The van der Waals surface area contributed by atoms with E-state index in [-0.39, 0.29) is 0 Å². The molecule has 0 aliphatic rings. The minimum atomic E-state index is 0.344. The first-order valence-electron chi connectivity index (χ1n) is 5.61. The molecule has 0 saturated carbocycles. The Bertz CT molecular complexity index is 544. The number of benzene rings is 1. The van der Waals surface area contributed by atoms with Gasteiger partial charge in [-0.2, -0.15) is 5.10 Å². The van der Waals surface area contributed by atoms with Crippen molar-refractivity contribution in [1.29, 1.82) is 0 Å². The zero-order valence-electron chi connectivity index (χ0n) is 10.2. The maximum atomic E-state index is 5.90. The highest BCUT2D eigenvalue weighted by Crippen LogP contribution is 2.35. The van der Waals surface area contributed by atoms with E-state index in [9.17, 15) is 0 Å². The van der Waals surface area contributed by atoms with E-state index in [1.807, 2.05) is 0 Å². The summed E-state index contributed by atoms with van der Waals surface area (Å²) in [5.41, 5.74) is 10.3. The highest BCUT2D eigenvalue weighted by Gasteiger charge is 2.17. The third-order valence-electron chi connectivity index (χ3n) is 2.80. The smallest absolute Gasteiger partial charge is 0.149 e. The van der Waals surface area contributed by atoms with Crippen molar-refractivity contribution < 1.29 is 0 Å². The summed E-state index contributed by atoms with van der Waals surface area (Å²) < 4.78 is 1.06. The second-order valence-corrected chi connectivity index (χ2v) is 5.39. The molecule has 0 fully saturated rings. The number of nitrogens with zero attached hydrogens (tertiary/aromatic N) is 1. The van der Waals surface area contributed by atoms with Gasteiger partial charge in [-0.3, -0.25) is 5.10 Å². The lowest BCUT2D eigenvalue weighted by molar-refractivity contribution is 0.873. The van der Waals surface area contributed by atoms with E-state index in [4.69, 9.17) is 5.73 Å². The maximum Gasteiger partial charge on any atom is 0.149 e. The van der Waals surface area contributed by atoms with Crippen molar-refractivity contribution in [2.24, 2.45) is 0 Å². The van der Waals surface area contributed by atoms with Gasteiger partial charge < -0.3 is 5.73 Å². The predicted octanol–water partition coefficient (Wildman–Crippen LogP) is 3.85. The Morgan fingerprint density at radius 1 is 1.35 bits per heavy atom. The summed E-state index contributed by atoms with van der Waals surface area (Å²) in [6.07, 6.45) is 0. The van der Waals surface area contributed by atoms with Crippen LogP contribution in [0.2, 0.25) is 0 Å². The number of rotatable bonds is 2. The Kier molecular flexibility index (Phi) is 3.24. The summed E-state index contributed by atoms with van der Waals surface area (Å²) >= 11 is 3.59. The van der Waals surface area contributed by atoms with E-state index in [0.29, 0.717) is 11.7 Å². The minimum absolute atomic E-state index is 0.344. The SMILES string of the molecule is Cc1ccc(-c2[nH]nc(N)c2C(C)C)c(Br)c1. The number of nitrogens with one attached hydrogen (secondary N) is 1. The summed E-state index contributed by atoms with van der Waals surface area (Å²) in [5.74, 6) is 0.930. The monoisotopic (exact) mass is 293 g/mol. The Morgan fingerprint density at radius 3 is 2.65 bits per heavy atom. The van der Waals surface area contributed by atoms with Gasteiger partial charge in [0.2, 0.25) is 0 Å². The van der Waals surface area contributed by atoms with Crippen LogP contribution < -0.4 is 5.73 Å². The van der Waals surface area contributed by atoms with E-state index in [1.165, 1.54) is 5.56 Å². The number of H-pyrrole nitrogens is 1. The number of halogens is 1. The molecule has 90 valence electrons. The van der Waals surface area contributed by atoms with Gasteiger partial charge in [-0.05, 0) is 24.5 Å². The molecule has 0 aliphatic heterocycles. The molecule has 0 aliphatic carbocycles. The van der Waals surface area contributed by atoms with Crippen molar-refractivity contribution in [2.45, 2.75) is 26.7 Å². The van der Waals surface area contributed by atoms with Crippen LogP contribution in [0.15, 0.2) is 22.7 Å². The topological polar surface area (TPSA) is 54.7 Å². The van der Waals surface area contributed by atoms with Crippen LogP contribution in [-0.2, 0) is 0 Å². The molecule has 0 amide bonds. The van der Waals surface area contributed by atoms with Gasteiger partial charge in [-0.25, -0.2) is 0 Å². The van der Waals surface area contributed by atoms with Gasteiger partial charge in [0.1, 0.15) is 5.82 Å². The summed E-state index contributed by atoms with van der Waals surface area (Å²) in [7, 11) is 0. The van der Waals surface area contributed by atoms with Crippen LogP contribution in [0.5, 0.6) is 0 Å². The normalized spacial score (nSPS) is 11.1. The number of aryl methyl sites for hydroxylation is 1. The molecule has 0 spiro atoms. The standard InChI is InChI=1S/C13H16BrN3/c1-7(2)11-12(16-17-13(11)15)9-5-4-8(3)6-10(9)14/h4-7H,1-3H3,(H3,15,16,17). The molecule has 3 nitrogen and oxygen atoms in total. The number of hydrogen-bond acceptors (Lipinski definition) is 2. The fraction of sp³-hybridized carbons (Fsp3) is 0.308. The molecule has 0 radical (unpaired) electrons. The Hall–Kier alpha value is -1.29. The number of aromatic amines is 1. The number of nitrogen functional groups attached to an aromatic ring is 1. The summed E-state index contributed by atoms with van der Waals surface area (Å²) in [6.45, 7) is 6.30. The van der Waals surface area contributed by atoms with Crippen molar-refractivity contribution in [1.82, 2.24) is 10.2 Å². The van der Waals surface area contributed by atoms with Gasteiger partial charge in [-0.1, -0.05) is 41.9 Å². The highest BCUT2D eigenvalue weighted by molar-refractivity contribution is 9.10. The van der Waals surface area contributed by atoms with E-state index in [1.54, 1.807) is 0 Å². The first kappa shape index (κ1) is 12.2. The largest absolute Gasteiger partial charge is 0.382 e. The Labute approximate surface area is 110 Å². The average molecular weight is 294 g/mol. The van der Waals surface area contributed by atoms with Crippen LogP contribution in [0.1, 0.15) is 30.9 Å². The van der Waals surface area contributed by atoms with E-state index >= 15 is 0 Å². The fourth-order valence-electron chi connectivity index (χ4n) is 1.98. The van der Waals surface area contributed by atoms with Crippen LogP contribution in [-0.4, -0.2) is 10.2 Å². The van der Waals surface area contributed by atoms with Gasteiger partial charge in [0.15, 0.2) is 0 Å². The molecule has 2 rings (SSSR count). The molecular weight excluding hydrogens is 278 g/mol.